The second-order valence-corrected chi connectivity index (χ2v) is 8.86. The number of thiophene rings is 1. The number of hydrogen-bond donors (Lipinski definition) is 3. The van der Waals surface area contributed by atoms with Gasteiger partial charge in [0, 0.05) is 17.8 Å². The summed E-state index contributed by atoms with van der Waals surface area (Å²) in [6.45, 7) is 0.196. The molecule has 0 aliphatic heterocycles. The van der Waals surface area contributed by atoms with Crippen molar-refractivity contribution in [3.05, 3.63) is 62.0 Å². The van der Waals surface area contributed by atoms with Crippen LogP contribution in [0.2, 0.25) is 5.02 Å². The Hall–Kier alpha value is -2.13. The number of aryl methyl sites for hydroxylation is 1. The number of aromatic nitrogens is 1. The van der Waals surface area contributed by atoms with Crippen LogP contribution in [0.4, 0.5) is 0 Å². The van der Waals surface area contributed by atoms with Crippen LogP contribution in [0.15, 0.2) is 40.2 Å². The maximum Gasteiger partial charge on any atom is 0.303 e. The largest absolute Gasteiger partial charge is 0.481 e. The van der Waals surface area contributed by atoms with Crippen molar-refractivity contribution in [2.45, 2.75) is 19.4 Å². The van der Waals surface area contributed by atoms with Crippen LogP contribution >= 0.6 is 38.9 Å². The molecule has 5 N–H and O–H groups in total. The fraction of sp³-hybridized carbons (Fsp3) is 0.158. The molecular formula is C19H17BrClN3O3S. The summed E-state index contributed by atoms with van der Waals surface area (Å²) in [5.41, 5.74) is 14.9. The first-order chi connectivity index (χ1) is 13.3. The molecule has 146 valence electrons. The third kappa shape index (κ3) is 4.15. The van der Waals surface area contributed by atoms with Gasteiger partial charge in [-0.05, 0) is 64.3 Å². The van der Waals surface area contributed by atoms with Gasteiger partial charge in [0.25, 0.3) is 0 Å². The number of carbonyl (C=O) groups excluding carboxylic acids is 1. The number of nitrogens with two attached hydrogens (primary N) is 2. The lowest BCUT2D eigenvalue weighted by Crippen LogP contribution is -2.14. The highest BCUT2D eigenvalue weighted by Gasteiger charge is 2.18. The van der Waals surface area contributed by atoms with Crippen LogP contribution in [0.5, 0.6) is 0 Å². The zero-order chi connectivity index (χ0) is 20.4. The lowest BCUT2D eigenvalue weighted by Gasteiger charge is -2.17. The number of carbonyl (C=O) groups is 2. The van der Waals surface area contributed by atoms with E-state index < -0.39 is 11.9 Å². The topological polar surface area (TPSA) is 111 Å². The zero-order valence-corrected chi connectivity index (χ0v) is 17.8. The van der Waals surface area contributed by atoms with Crippen molar-refractivity contribution in [2.75, 3.05) is 0 Å². The Kier molecular flexibility index (Phi) is 6.24. The lowest BCUT2D eigenvalue weighted by atomic mass is 10.1. The van der Waals surface area contributed by atoms with Crippen LogP contribution in [0, 0.1) is 0 Å². The lowest BCUT2D eigenvalue weighted by molar-refractivity contribution is -0.136. The molecule has 0 saturated heterocycles. The normalized spacial score (nSPS) is 11.0. The Balaban J connectivity index is 2.20. The molecule has 9 heteroatoms. The molecule has 6 nitrogen and oxygen atoms in total. The van der Waals surface area contributed by atoms with Crippen molar-refractivity contribution in [1.29, 1.82) is 0 Å². The summed E-state index contributed by atoms with van der Waals surface area (Å²) in [7, 11) is 0. The fourth-order valence-electron chi connectivity index (χ4n) is 2.98. The van der Waals surface area contributed by atoms with E-state index in [0.29, 0.717) is 17.0 Å². The molecule has 3 rings (SSSR count). The van der Waals surface area contributed by atoms with Crippen molar-refractivity contribution >= 4 is 50.7 Å². The predicted molar refractivity (Wildman–Crippen MR) is 114 cm³/mol. The molecule has 0 fully saturated rings. The quantitative estimate of drug-likeness (QED) is 0.468. The first-order valence-electron chi connectivity index (χ1n) is 8.32. The third-order valence-electron chi connectivity index (χ3n) is 4.28. The summed E-state index contributed by atoms with van der Waals surface area (Å²) >= 11 is 11.1. The number of benzene rings is 1. The van der Waals surface area contributed by atoms with Crippen molar-refractivity contribution in [2.24, 2.45) is 11.5 Å². The van der Waals surface area contributed by atoms with E-state index in [4.69, 9.17) is 28.2 Å². The average molecular weight is 483 g/mol. The number of hydrogen-bond acceptors (Lipinski definition) is 4. The molecule has 0 radical (unpaired) electrons. The summed E-state index contributed by atoms with van der Waals surface area (Å²) in [6, 6.07) is 10.7. The van der Waals surface area contributed by atoms with Gasteiger partial charge in [-0.15, -0.1) is 11.3 Å². The Morgan fingerprint density at radius 3 is 2.54 bits per heavy atom. The molecule has 0 spiro atoms. The van der Waals surface area contributed by atoms with Crippen LogP contribution in [0.1, 0.15) is 28.0 Å². The van der Waals surface area contributed by atoms with Crippen molar-refractivity contribution in [3.63, 3.8) is 0 Å². The molecule has 28 heavy (non-hydrogen) atoms. The fourth-order valence-corrected chi connectivity index (χ4v) is 4.70. The number of carboxylic acids is 1. The number of rotatable bonds is 7. The molecular weight excluding hydrogens is 466 g/mol. The van der Waals surface area contributed by atoms with Gasteiger partial charge in [0.05, 0.1) is 31.5 Å². The molecule has 2 heterocycles. The second kappa shape index (κ2) is 8.48. The first-order valence-corrected chi connectivity index (χ1v) is 10.3. The summed E-state index contributed by atoms with van der Waals surface area (Å²) in [4.78, 5) is 23.5. The van der Waals surface area contributed by atoms with Gasteiger partial charge >= 0.3 is 5.97 Å². The van der Waals surface area contributed by atoms with Gasteiger partial charge in [0.2, 0.25) is 5.91 Å². The van der Waals surface area contributed by atoms with Gasteiger partial charge in [-0.3, -0.25) is 9.59 Å². The second-order valence-electron chi connectivity index (χ2n) is 6.08. The van der Waals surface area contributed by atoms with Gasteiger partial charge in [-0.1, -0.05) is 11.6 Å². The van der Waals surface area contributed by atoms with Crippen LogP contribution in [0.25, 0.3) is 16.3 Å². The van der Waals surface area contributed by atoms with Gasteiger partial charge in [-0.25, -0.2) is 0 Å². The molecule has 0 saturated carbocycles. The summed E-state index contributed by atoms with van der Waals surface area (Å²) in [6.07, 6.45) is 0.340. The Labute approximate surface area is 178 Å². The molecule has 3 aromatic rings. The van der Waals surface area contributed by atoms with E-state index in [1.54, 1.807) is 18.2 Å². The Morgan fingerprint density at radius 2 is 1.96 bits per heavy atom. The number of amides is 1. The number of aliphatic carboxylic acids is 1. The zero-order valence-electron chi connectivity index (χ0n) is 14.6. The Bertz CT molecular complexity index is 1040. The van der Waals surface area contributed by atoms with Gasteiger partial charge in [-0.2, -0.15) is 0 Å². The molecule has 0 aliphatic carbocycles. The standard InChI is InChI=1S/C19H17BrClN3O3S/c20-18-13(21)8-16(28-18)15-5-2-12(3-6-17(25)26)24(15)14-4-1-10(19(23)27)7-11(14)9-22/h1-2,4-5,7-8H,3,6,9,22H2,(H2,23,27)(H,25,26). The van der Waals surface area contributed by atoms with Gasteiger partial charge < -0.3 is 21.1 Å². The first kappa shape index (κ1) is 20.6. The highest BCUT2D eigenvalue weighted by Crippen LogP contribution is 2.40. The number of nitrogens with zero attached hydrogens (tertiary/aromatic N) is 1. The molecule has 0 atom stereocenters. The van der Waals surface area contributed by atoms with Crippen LogP contribution < -0.4 is 11.5 Å². The SMILES string of the molecule is NCc1cc(C(N)=O)ccc1-n1c(CCC(=O)O)ccc1-c1cc(Cl)c(Br)s1. The van der Waals surface area contributed by atoms with Crippen LogP contribution in [0.3, 0.4) is 0 Å². The van der Waals surface area contributed by atoms with Gasteiger partial charge in [0.15, 0.2) is 0 Å². The molecule has 2 aromatic heterocycles. The minimum Gasteiger partial charge on any atom is -0.481 e. The minimum atomic E-state index is -0.876. The van der Waals surface area contributed by atoms with E-state index in [-0.39, 0.29) is 13.0 Å². The summed E-state index contributed by atoms with van der Waals surface area (Å²) in [5, 5.41) is 9.70. The van der Waals surface area contributed by atoms with Crippen LogP contribution in [-0.4, -0.2) is 21.6 Å². The molecule has 0 unspecified atom stereocenters. The molecule has 1 aromatic carbocycles. The van der Waals surface area contributed by atoms with Crippen LogP contribution in [-0.2, 0) is 17.8 Å². The van der Waals surface area contributed by atoms with E-state index in [1.165, 1.54) is 11.3 Å². The van der Waals surface area contributed by atoms with E-state index in [9.17, 15) is 9.59 Å². The number of halogens is 2. The highest BCUT2D eigenvalue weighted by atomic mass is 79.9. The summed E-state index contributed by atoms with van der Waals surface area (Å²) in [5.74, 6) is -1.41. The maximum absolute atomic E-state index is 11.5. The average Bonchev–Trinajstić information content (AvgIpc) is 3.22. The van der Waals surface area contributed by atoms with Gasteiger partial charge in [0.1, 0.15) is 0 Å². The molecule has 0 aliphatic rings. The number of primary amides is 1. The van der Waals surface area contributed by atoms with Crippen molar-refractivity contribution < 1.29 is 14.7 Å². The minimum absolute atomic E-state index is 0.00429. The maximum atomic E-state index is 11.5. The highest BCUT2D eigenvalue weighted by molar-refractivity contribution is 9.11. The molecule has 0 bridgehead atoms. The monoisotopic (exact) mass is 481 g/mol. The Morgan fingerprint density at radius 1 is 1.21 bits per heavy atom. The van der Waals surface area contributed by atoms with E-state index in [2.05, 4.69) is 15.9 Å². The van der Waals surface area contributed by atoms with E-state index in [0.717, 1.165) is 31.3 Å². The van der Waals surface area contributed by atoms with Crippen molar-refractivity contribution in [1.82, 2.24) is 4.57 Å². The third-order valence-corrected chi connectivity index (χ3v) is 6.78. The smallest absolute Gasteiger partial charge is 0.303 e. The van der Waals surface area contributed by atoms with Crippen molar-refractivity contribution in [3.8, 4) is 16.3 Å². The van der Waals surface area contributed by atoms with E-state index in [1.807, 2.05) is 22.8 Å². The number of carboxylic acid groups (broad SMARTS) is 1. The molecule has 1 amide bonds. The van der Waals surface area contributed by atoms with E-state index >= 15 is 0 Å². The predicted octanol–water partition coefficient (Wildman–Crippen LogP) is 4.20. The summed E-state index contributed by atoms with van der Waals surface area (Å²) < 4.78 is 2.77.